The van der Waals surface area contributed by atoms with Crippen LogP contribution in [-0.4, -0.2) is 29.7 Å². The Balaban J connectivity index is 1.54. The summed E-state index contributed by atoms with van der Waals surface area (Å²) in [5.74, 6) is 2.01. The van der Waals surface area contributed by atoms with Crippen molar-refractivity contribution < 1.29 is 4.74 Å². The number of rotatable bonds is 4. The van der Waals surface area contributed by atoms with E-state index in [9.17, 15) is 0 Å². The zero-order valence-corrected chi connectivity index (χ0v) is 10.1. The van der Waals surface area contributed by atoms with Gasteiger partial charge in [-0.15, -0.1) is 0 Å². The van der Waals surface area contributed by atoms with Gasteiger partial charge >= 0.3 is 0 Å². The molecular formula is C13H19N3O. The Labute approximate surface area is 102 Å². The van der Waals surface area contributed by atoms with E-state index in [0.717, 1.165) is 25.4 Å². The van der Waals surface area contributed by atoms with E-state index in [2.05, 4.69) is 15.3 Å². The molecule has 0 amide bonds. The van der Waals surface area contributed by atoms with Crippen LogP contribution in [0.1, 0.15) is 37.3 Å². The second-order valence-corrected chi connectivity index (χ2v) is 5.06. The number of hydrogen-bond acceptors (Lipinski definition) is 4. The Morgan fingerprint density at radius 3 is 2.76 bits per heavy atom. The summed E-state index contributed by atoms with van der Waals surface area (Å²) in [4.78, 5) is 8.73. The van der Waals surface area contributed by atoms with Crippen molar-refractivity contribution in [2.24, 2.45) is 5.92 Å². The normalized spacial score (nSPS) is 21.4. The van der Waals surface area contributed by atoms with Crippen LogP contribution in [0.15, 0.2) is 12.4 Å². The molecule has 92 valence electrons. The minimum absolute atomic E-state index is 0.643. The van der Waals surface area contributed by atoms with Crippen LogP contribution in [0, 0.1) is 5.92 Å². The summed E-state index contributed by atoms with van der Waals surface area (Å²) in [7, 11) is 0. The van der Waals surface area contributed by atoms with Gasteiger partial charge in [0.2, 0.25) is 5.88 Å². The van der Waals surface area contributed by atoms with Crippen molar-refractivity contribution in [1.82, 2.24) is 15.3 Å². The molecule has 1 aliphatic heterocycles. The fraction of sp³-hybridized carbons (Fsp3) is 0.692. The maximum atomic E-state index is 5.76. The largest absolute Gasteiger partial charge is 0.476 e. The number of ether oxygens (including phenoxy) is 1. The molecule has 0 spiro atoms. The van der Waals surface area contributed by atoms with E-state index >= 15 is 0 Å². The molecule has 0 aromatic carbocycles. The maximum Gasteiger partial charge on any atom is 0.232 e. The van der Waals surface area contributed by atoms with Gasteiger partial charge in [0.15, 0.2) is 0 Å². The standard InChI is InChI=1S/C13H19N3O/c1-2-11(1)12-7-15-8-13(16-12)17-9-10-3-5-14-6-4-10/h7-8,10-11,14H,1-6,9H2. The Hall–Kier alpha value is -1.16. The van der Waals surface area contributed by atoms with Gasteiger partial charge in [0.05, 0.1) is 18.5 Å². The first-order valence-corrected chi connectivity index (χ1v) is 6.57. The van der Waals surface area contributed by atoms with Crippen LogP contribution in [0.3, 0.4) is 0 Å². The molecule has 1 aromatic heterocycles. The Morgan fingerprint density at radius 2 is 2.00 bits per heavy atom. The summed E-state index contributed by atoms with van der Waals surface area (Å²) >= 11 is 0. The molecule has 0 atom stereocenters. The second-order valence-electron chi connectivity index (χ2n) is 5.06. The predicted molar refractivity (Wildman–Crippen MR) is 65.1 cm³/mol. The first-order valence-electron chi connectivity index (χ1n) is 6.57. The summed E-state index contributed by atoms with van der Waals surface area (Å²) in [6, 6.07) is 0. The summed E-state index contributed by atoms with van der Waals surface area (Å²) in [5.41, 5.74) is 1.10. The molecular weight excluding hydrogens is 214 g/mol. The summed E-state index contributed by atoms with van der Waals surface area (Å²) in [6.07, 6.45) is 8.52. The van der Waals surface area contributed by atoms with Gasteiger partial charge < -0.3 is 10.1 Å². The molecule has 4 nitrogen and oxygen atoms in total. The lowest BCUT2D eigenvalue weighted by Gasteiger charge is -2.22. The van der Waals surface area contributed by atoms with E-state index in [1.165, 1.54) is 25.7 Å². The lowest BCUT2D eigenvalue weighted by Crippen LogP contribution is -2.30. The molecule has 4 heteroatoms. The zero-order chi connectivity index (χ0) is 11.5. The molecule has 2 fully saturated rings. The fourth-order valence-electron chi connectivity index (χ4n) is 2.26. The highest BCUT2D eigenvalue weighted by atomic mass is 16.5. The van der Waals surface area contributed by atoms with Crippen LogP contribution >= 0.6 is 0 Å². The average Bonchev–Trinajstić information content (AvgIpc) is 3.22. The van der Waals surface area contributed by atoms with E-state index in [1.54, 1.807) is 6.20 Å². The molecule has 1 saturated carbocycles. The van der Waals surface area contributed by atoms with Crippen LogP contribution in [0.25, 0.3) is 0 Å². The third-order valence-corrected chi connectivity index (χ3v) is 3.55. The highest BCUT2D eigenvalue weighted by Gasteiger charge is 2.25. The zero-order valence-electron chi connectivity index (χ0n) is 10.1. The van der Waals surface area contributed by atoms with Gasteiger partial charge in [0.1, 0.15) is 0 Å². The maximum absolute atomic E-state index is 5.76. The van der Waals surface area contributed by atoms with E-state index in [0.29, 0.717) is 17.7 Å². The number of aromatic nitrogens is 2. The first kappa shape index (κ1) is 11.0. The lowest BCUT2D eigenvalue weighted by atomic mass is 9.99. The molecule has 1 N–H and O–H groups in total. The van der Waals surface area contributed by atoms with Crippen molar-refractivity contribution in [1.29, 1.82) is 0 Å². The van der Waals surface area contributed by atoms with Crippen molar-refractivity contribution in [2.45, 2.75) is 31.6 Å². The van der Waals surface area contributed by atoms with Crippen LogP contribution in [0.4, 0.5) is 0 Å². The number of nitrogens with one attached hydrogen (secondary N) is 1. The molecule has 1 aromatic rings. The topological polar surface area (TPSA) is 47.0 Å². The molecule has 2 aliphatic rings. The van der Waals surface area contributed by atoms with E-state index in [4.69, 9.17) is 4.74 Å². The van der Waals surface area contributed by atoms with Gasteiger partial charge in [-0.3, -0.25) is 4.98 Å². The molecule has 0 radical (unpaired) electrons. The van der Waals surface area contributed by atoms with E-state index in [-0.39, 0.29) is 0 Å². The highest BCUT2D eigenvalue weighted by molar-refractivity contribution is 5.16. The van der Waals surface area contributed by atoms with Crippen molar-refractivity contribution in [3.8, 4) is 5.88 Å². The molecule has 17 heavy (non-hydrogen) atoms. The Kier molecular flexibility index (Phi) is 3.22. The average molecular weight is 233 g/mol. The predicted octanol–water partition coefficient (Wildman–Crippen LogP) is 1.73. The molecule has 0 bridgehead atoms. The van der Waals surface area contributed by atoms with Crippen LogP contribution in [0.2, 0.25) is 0 Å². The fourth-order valence-corrected chi connectivity index (χ4v) is 2.26. The van der Waals surface area contributed by atoms with Gasteiger partial charge in [-0.1, -0.05) is 0 Å². The number of nitrogens with zero attached hydrogens (tertiary/aromatic N) is 2. The summed E-state index contributed by atoms with van der Waals surface area (Å²) in [5, 5.41) is 3.36. The van der Waals surface area contributed by atoms with Crippen molar-refractivity contribution >= 4 is 0 Å². The number of hydrogen-bond donors (Lipinski definition) is 1. The second kappa shape index (κ2) is 5.00. The van der Waals surface area contributed by atoms with Crippen molar-refractivity contribution in [3.05, 3.63) is 18.1 Å². The van der Waals surface area contributed by atoms with Crippen molar-refractivity contribution in [2.75, 3.05) is 19.7 Å². The molecule has 3 rings (SSSR count). The molecule has 2 heterocycles. The third-order valence-electron chi connectivity index (χ3n) is 3.55. The Bertz CT molecular complexity index is 373. The third kappa shape index (κ3) is 2.94. The van der Waals surface area contributed by atoms with Gasteiger partial charge in [-0.2, -0.15) is 0 Å². The Morgan fingerprint density at radius 1 is 1.18 bits per heavy atom. The van der Waals surface area contributed by atoms with Crippen LogP contribution < -0.4 is 10.1 Å². The monoisotopic (exact) mass is 233 g/mol. The van der Waals surface area contributed by atoms with Gasteiger partial charge in [0, 0.05) is 12.1 Å². The van der Waals surface area contributed by atoms with Gasteiger partial charge in [-0.05, 0) is 44.7 Å². The molecule has 0 unspecified atom stereocenters. The SMILES string of the molecule is c1ncc(C2CC2)nc1OCC1CCNCC1. The summed E-state index contributed by atoms with van der Waals surface area (Å²) < 4.78 is 5.76. The van der Waals surface area contributed by atoms with E-state index in [1.807, 2.05) is 6.20 Å². The lowest BCUT2D eigenvalue weighted by molar-refractivity contribution is 0.208. The van der Waals surface area contributed by atoms with Gasteiger partial charge in [0.25, 0.3) is 0 Å². The highest BCUT2D eigenvalue weighted by Crippen LogP contribution is 2.38. The summed E-state index contributed by atoms with van der Waals surface area (Å²) in [6.45, 7) is 3.01. The smallest absolute Gasteiger partial charge is 0.232 e. The minimum atomic E-state index is 0.643. The molecule has 1 aliphatic carbocycles. The number of piperidine rings is 1. The van der Waals surface area contributed by atoms with E-state index < -0.39 is 0 Å². The quantitative estimate of drug-likeness (QED) is 0.860. The minimum Gasteiger partial charge on any atom is -0.476 e. The van der Waals surface area contributed by atoms with Crippen LogP contribution in [-0.2, 0) is 0 Å². The molecule has 1 saturated heterocycles. The first-order chi connectivity index (χ1) is 8.42. The van der Waals surface area contributed by atoms with Crippen LogP contribution in [0.5, 0.6) is 5.88 Å². The van der Waals surface area contributed by atoms with Gasteiger partial charge in [-0.25, -0.2) is 4.98 Å². The van der Waals surface area contributed by atoms with Crippen molar-refractivity contribution in [3.63, 3.8) is 0 Å².